The summed E-state index contributed by atoms with van der Waals surface area (Å²) in [6.07, 6.45) is 2.65. The number of hydrogen-bond acceptors (Lipinski definition) is 2. The van der Waals surface area contributed by atoms with Gasteiger partial charge in [0.2, 0.25) is 0 Å². The van der Waals surface area contributed by atoms with Gasteiger partial charge in [0.25, 0.3) is 0 Å². The maximum absolute atomic E-state index is 12.3. The zero-order chi connectivity index (χ0) is 15.5. The molecule has 0 unspecified atom stereocenters. The van der Waals surface area contributed by atoms with E-state index in [-0.39, 0.29) is 22.7 Å². The Morgan fingerprint density at radius 3 is 1.32 bits per heavy atom. The van der Waals surface area contributed by atoms with Crippen molar-refractivity contribution in [1.29, 1.82) is 0 Å². The first-order valence-corrected chi connectivity index (χ1v) is 9.49. The van der Waals surface area contributed by atoms with Gasteiger partial charge < -0.3 is 9.46 Å². The smallest absolute Gasteiger partial charge is 0.0153 e. The maximum Gasteiger partial charge on any atom is 0.0153 e. The minimum Gasteiger partial charge on any atom is -0.799 e. The highest BCUT2D eigenvalue weighted by atomic mass is 31.2. The van der Waals surface area contributed by atoms with Gasteiger partial charge in [0.05, 0.1) is 0 Å². The van der Waals surface area contributed by atoms with E-state index in [0.717, 1.165) is 12.8 Å². The third-order valence-electron chi connectivity index (χ3n) is 3.10. The maximum atomic E-state index is 12.3. The molecule has 19 heavy (non-hydrogen) atoms. The van der Waals surface area contributed by atoms with E-state index in [4.69, 9.17) is 0 Å². The van der Waals surface area contributed by atoms with Crippen LogP contribution in [0.15, 0.2) is 0 Å². The third kappa shape index (κ3) is 11.7. The van der Waals surface area contributed by atoms with Crippen molar-refractivity contribution in [1.82, 2.24) is 0 Å². The van der Waals surface area contributed by atoms with Gasteiger partial charge in [0.1, 0.15) is 0 Å². The largest absolute Gasteiger partial charge is 0.799 e. The topological polar surface area (TPSA) is 40.1 Å². The molecule has 0 aromatic carbocycles. The second-order valence-corrected chi connectivity index (χ2v) is 11.3. The fourth-order valence-electron chi connectivity index (χ4n) is 3.24. The van der Waals surface area contributed by atoms with Crippen molar-refractivity contribution in [3.05, 3.63) is 0 Å². The van der Waals surface area contributed by atoms with Gasteiger partial charge in [-0.1, -0.05) is 55.4 Å². The predicted octanol–water partition coefficient (Wildman–Crippen LogP) is 4.77. The highest BCUT2D eigenvalue weighted by Gasteiger charge is 2.23. The Balaban J connectivity index is 4.36. The lowest BCUT2D eigenvalue weighted by molar-refractivity contribution is -0.176. The Bertz CT molecular complexity index is 282. The lowest BCUT2D eigenvalue weighted by Gasteiger charge is -2.33. The summed E-state index contributed by atoms with van der Waals surface area (Å²) in [6.45, 7) is 17.1. The normalized spacial score (nSPS) is 17.3. The Morgan fingerprint density at radius 2 is 1.11 bits per heavy atom. The Kier molecular flexibility index (Phi) is 6.83. The van der Waals surface area contributed by atoms with Gasteiger partial charge in [0.15, 0.2) is 0 Å². The van der Waals surface area contributed by atoms with E-state index in [1.165, 1.54) is 0 Å². The molecule has 0 aliphatic heterocycles. The summed E-state index contributed by atoms with van der Waals surface area (Å²) in [7, 11) is -3.23. The summed E-state index contributed by atoms with van der Waals surface area (Å²) in [6, 6.07) is 0. The molecule has 0 aliphatic carbocycles. The molecule has 0 aromatic rings. The first-order chi connectivity index (χ1) is 8.20. The van der Waals surface area contributed by atoms with Gasteiger partial charge in [0, 0.05) is 7.37 Å². The molecule has 0 rings (SSSR count). The molecule has 3 heteroatoms. The molecule has 0 saturated carbocycles. The minimum atomic E-state index is -3.23. The van der Waals surface area contributed by atoms with Gasteiger partial charge in [-0.15, -0.1) is 0 Å². The van der Waals surface area contributed by atoms with Gasteiger partial charge in [-0.3, -0.25) is 0 Å². The second-order valence-electron chi connectivity index (χ2n) is 8.92. The average molecular weight is 289 g/mol. The van der Waals surface area contributed by atoms with Crippen LogP contribution in [-0.2, 0) is 4.57 Å². The van der Waals surface area contributed by atoms with E-state index < -0.39 is 7.37 Å². The summed E-state index contributed by atoms with van der Waals surface area (Å²) in [4.78, 5) is 12.3. The molecular weight excluding hydrogens is 255 g/mol. The van der Waals surface area contributed by atoms with Crippen molar-refractivity contribution in [3.63, 3.8) is 0 Å². The van der Waals surface area contributed by atoms with E-state index in [1.54, 1.807) is 0 Å². The monoisotopic (exact) mass is 289 g/mol. The van der Waals surface area contributed by atoms with Crippen LogP contribution >= 0.6 is 7.37 Å². The summed E-state index contributed by atoms with van der Waals surface area (Å²) >= 11 is 0. The zero-order valence-electron chi connectivity index (χ0n) is 14.2. The molecule has 0 N–H and O–H groups in total. The first-order valence-electron chi connectivity index (χ1n) is 7.49. The van der Waals surface area contributed by atoms with Crippen LogP contribution in [0.1, 0.15) is 68.2 Å². The Hall–Kier alpha value is 0.190. The molecule has 2 nitrogen and oxygen atoms in total. The van der Waals surface area contributed by atoms with Crippen molar-refractivity contribution in [2.75, 3.05) is 12.3 Å². The van der Waals surface area contributed by atoms with Crippen molar-refractivity contribution < 1.29 is 9.46 Å². The van der Waals surface area contributed by atoms with Crippen LogP contribution in [0.3, 0.4) is 0 Å². The van der Waals surface area contributed by atoms with E-state index in [0.29, 0.717) is 12.3 Å². The zero-order valence-corrected chi connectivity index (χ0v) is 15.1. The molecule has 0 bridgehead atoms. The van der Waals surface area contributed by atoms with Crippen molar-refractivity contribution in [2.24, 2.45) is 22.7 Å². The van der Waals surface area contributed by atoms with Crippen LogP contribution in [-0.4, -0.2) is 12.3 Å². The van der Waals surface area contributed by atoms with Crippen LogP contribution in [0.4, 0.5) is 0 Å². The summed E-state index contributed by atoms with van der Waals surface area (Å²) in [5, 5.41) is 0. The first kappa shape index (κ1) is 19.2. The summed E-state index contributed by atoms with van der Waals surface area (Å²) in [5.74, 6) is 0.510. The van der Waals surface area contributed by atoms with Gasteiger partial charge >= 0.3 is 0 Å². The molecule has 0 heterocycles. The van der Waals surface area contributed by atoms with Crippen molar-refractivity contribution in [3.8, 4) is 0 Å². The van der Waals surface area contributed by atoms with Crippen LogP contribution in [0.25, 0.3) is 0 Å². The predicted molar refractivity (Wildman–Crippen MR) is 83.8 cm³/mol. The third-order valence-corrected chi connectivity index (χ3v) is 5.46. The second kappa shape index (κ2) is 6.76. The van der Waals surface area contributed by atoms with Crippen LogP contribution in [0.2, 0.25) is 0 Å². The molecule has 2 atom stereocenters. The lowest BCUT2D eigenvalue weighted by Crippen LogP contribution is -2.22. The molecule has 0 radical (unpaired) electrons. The fourth-order valence-corrected chi connectivity index (χ4v) is 5.55. The van der Waals surface area contributed by atoms with E-state index in [2.05, 4.69) is 55.4 Å². The van der Waals surface area contributed by atoms with Crippen LogP contribution in [0.5, 0.6) is 0 Å². The van der Waals surface area contributed by atoms with Crippen LogP contribution in [0, 0.1) is 22.7 Å². The lowest BCUT2D eigenvalue weighted by atomic mass is 9.86. The quantitative estimate of drug-likeness (QED) is 0.661. The minimum absolute atomic E-state index is 0.205. The SMILES string of the molecule is C[C@@H](CC(C)(C)C)CP(=O)([O-])C[C@@H](C)CC(C)(C)C. The van der Waals surface area contributed by atoms with E-state index in [1.807, 2.05) is 0 Å². The summed E-state index contributed by atoms with van der Waals surface area (Å²) in [5.41, 5.74) is 0.410. The Morgan fingerprint density at radius 1 is 0.842 bits per heavy atom. The molecular formula is C16H34O2P-. The van der Waals surface area contributed by atoms with E-state index in [9.17, 15) is 9.46 Å². The highest BCUT2D eigenvalue weighted by Crippen LogP contribution is 2.43. The van der Waals surface area contributed by atoms with Gasteiger partial charge in [-0.25, -0.2) is 0 Å². The fraction of sp³-hybridized carbons (Fsp3) is 1.00. The number of hydrogen-bond donors (Lipinski definition) is 0. The van der Waals surface area contributed by atoms with Crippen molar-refractivity contribution in [2.45, 2.75) is 68.2 Å². The Labute approximate surface area is 120 Å². The average Bonchev–Trinajstić information content (AvgIpc) is 1.89. The van der Waals surface area contributed by atoms with Gasteiger partial charge in [-0.05, 0) is 47.8 Å². The highest BCUT2D eigenvalue weighted by molar-refractivity contribution is 7.56. The van der Waals surface area contributed by atoms with Crippen molar-refractivity contribution >= 4 is 7.37 Å². The molecule has 0 amide bonds. The van der Waals surface area contributed by atoms with Crippen LogP contribution < -0.4 is 4.89 Å². The van der Waals surface area contributed by atoms with Gasteiger partial charge in [-0.2, -0.15) is 0 Å². The van der Waals surface area contributed by atoms with E-state index >= 15 is 0 Å². The standard InChI is InChI=1S/C16H35O2P/c1-13(9-15(3,4)5)11-19(17,18)12-14(2)10-16(6,7)8/h13-14H,9-12H2,1-8H3,(H,17,18)/p-1/t13-,14-/m0/s1. The molecule has 0 fully saturated rings. The number of rotatable bonds is 6. The molecule has 0 spiro atoms. The summed E-state index contributed by atoms with van der Waals surface area (Å²) < 4.78 is 12.3. The molecule has 0 aliphatic rings. The molecule has 0 saturated heterocycles. The molecule has 116 valence electrons. The molecule has 0 aromatic heterocycles.